The summed E-state index contributed by atoms with van der Waals surface area (Å²) in [4.78, 5) is 6.84. The second-order valence-electron chi connectivity index (χ2n) is 8.41. The monoisotopic (exact) mass is 372 g/mol. The van der Waals surface area contributed by atoms with Crippen molar-refractivity contribution in [3.8, 4) is 0 Å². The highest BCUT2D eigenvalue weighted by atomic mass is 16.6. The SMILES string of the molecule is CCC1(OC)CCN(c2ccc3nccc(C(O)OC(C)(C)C)c3c2)CC1. The topological polar surface area (TPSA) is 54.8 Å². The highest BCUT2D eigenvalue weighted by molar-refractivity contribution is 5.85. The van der Waals surface area contributed by atoms with Gasteiger partial charge in [-0.1, -0.05) is 6.92 Å². The maximum atomic E-state index is 10.6. The molecule has 5 heteroatoms. The maximum absolute atomic E-state index is 10.6. The molecule has 1 aliphatic heterocycles. The average Bonchev–Trinajstić information content (AvgIpc) is 2.66. The molecule has 1 N–H and O–H groups in total. The fourth-order valence-corrected chi connectivity index (χ4v) is 3.84. The van der Waals surface area contributed by atoms with Crippen LogP contribution in [-0.2, 0) is 9.47 Å². The van der Waals surface area contributed by atoms with Gasteiger partial charge in [0, 0.05) is 43.0 Å². The van der Waals surface area contributed by atoms with E-state index in [0.717, 1.165) is 54.5 Å². The number of aromatic nitrogens is 1. The molecule has 1 fully saturated rings. The quantitative estimate of drug-likeness (QED) is 0.787. The van der Waals surface area contributed by atoms with Gasteiger partial charge in [-0.15, -0.1) is 0 Å². The number of hydrogen-bond donors (Lipinski definition) is 1. The number of rotatable bonds is 5. The van der Waals surface area contributed by atoms with Crippen LogP contribution in [0.15, 0.2) is 30.5 Å². The zero-order valence-corrected chi connectivity index (χ0v) is 17.2. The first kappa shape index (κ1) is 20.1. The second kappa shape index (κ2) is 7.74. The van der Waals surface area contributed by atoms with Gasteiger partial charge in [0.25, 0.3) is 0 Å². The number of anilines is 1. The highest BCUT2D eigenvalue weighted by Crippen LogP contribution is 2.34. The molecule has 0 bridgehead atoms. The number of nitrogens with zero attached hydrogens (tertiary/aromatic N) is 2. The second-order valence-corrected chi connectivity index (χ2v) is 8.41. The summed E-state index contributed by atoms with van der Waals surface area (Å²) in [6, 6.07) is 8.10. The van der Waals surface area contributed by atoms with Crippen LogP contribution in [-0.4, -0.2) is 41.5 Å². The molecule has 1 saturated heterocycles. The van der Waals surface area contributed by atoms with Crippen molar-refractivity contribution in [2.45, 2.75) is 64.4 Å². The molecule has 1 unspecified atom stereocenters. The number of ether oxygens (including phenoxy) is 2. The van der Waals surface area contributed by atoms with E-state index in [1.807, 2.05) is 40.0 Å². The summed E-state index contributed by atoms with van der Waals surface area (Å²) in [7, 11) is 1.82. The molecule has 0 radical (unpaired) electrons. The zero-order valence-electron chi connectivity index (χ0n) is 17.2. The van der Waals surface area contributed by atoms with E-state index in [-0.39, 0.29) is 5.60 Å². The molecule has 1 aromatic carbocycles. The molecule has 3 rings (SSSR count). The van der Waals surface area contributed by atoms with Crippen LogP contribution in [0.3, 0.4) is 0 Å². The van der Waals surface area contributed by atoms with Crippen LogP contribution in [0.4, 0.5) is 5.69 Å². The molecule has 27 heavy (non-hydrogen) atoms. The molecule has 0 saturated carbocycles. The molecular weight excluding hydrogens is 340 g/mol. The number of hydrogen-bond acceptors (Lipinski definition) is 5. The summed E-state index contributed by atoms with van der Waals surface area (Å²) in [6.45, 7) is 9.94. The fraction of sp³-hybridized carbons (Fsp3) is 0.591. The lowest BCUT2D eigenvalue weighted by atomic mass is 9.88. The molecular formula is C22H32N2O3. The first-order valence-corrected chi connectivity index (χ1v) is 9.81. The minimum Gasteiger partial charge on any atom is -0.378 e. The maximum Gasteiger partial charge on any atom is 0.182 e. The number of benzene rings is 1. The minimum absolute atomic E-state index is 0.0107. The van der Waals surface area contributed by atoms with Crippen molar-refractivity contribution in [1.29, 1.82) is 0 Å². The van der Waals surface area contributed by atoms with Gasteiger partial charge in [0.2, 0.25) is 0 Å². The van der Waals surface area contributed by atoms with Crippen LogP contribution in [0.2, 0.25) is 0 Å². The van der Waals surface area contributed by atoms with Gasteiger partial charge >= 0.3 is 0 Å². The Morgan fingerprint density at radius 3 is 2.52 bits per heavy atom. The molecule has 0 aliphatic carbocycles. The molecule has 2 heterocycles. The number of aliphatic hydroxyl groups excluding tert-OH is 1. The van der Waals surface area contributed by atoms with Crippen LogP contribution in [0.25, 0.3) is 10.9 Å². The van der Waals surface area contributed by atoms with E-state index in [4.69, 9.17) is 9.47 Å². The first-order valence-electron chi connectivity index (χ1n) is 9.81. The summed E-state index contributed by atoms with van der Waals surface area (Å²) in [5.74, 6) is 0. The van der Waals surface area contributed by atoms with Crippen LogP contribution in [0.1, 0.15) is 58.8 Å². The molecule has 0 amide bonds. The molecule has 1 atom stereocenters. The van der Waals surface area contributed by atoms with Crippen molar-refractivity contribution in [3.63, 3.8) is 0 Å². The van der Waals surface area contributed by atoms with Gasteiger partial charge in [-0.25, -0.2) is 0 Å². The van der Waals surface area contributed by atoms with E-state index in [1.54, 1.807) is 6.20 Å². The minimum atomic E-state index is -0.978. The third-order valence-corrected chi connectivity index (χ3v) is 5.61. The summed E-state index contributed by atoms with van der Waals surface area (Å²) in [6.07, 6.45) is 3.83. The Labute approximate surface area is 162 Å². The van der Waals surface area contributed by atoms with Crippen LogP contribution in [0, 0.1) is 0 Å². The smallest absolute Gasteiger partial charge is 0.182 e. The Kier molecular flexibility index (Phi) is 5.75. The molecule has 148 valence electrons. The van der Waals surface area contributed by atoms with Crippen molar-refractivity contribution in [2.75, 3.05) is 25.1 Å². The lowest BCUT2D eigenvalue weighted by Crippen LogP contribution is -2.45. The third-order valence-electron chi connectivity index (χ3n) is 5.61. The normalized spacial score (nSPS) is 18.7. The number of pyridine rings is 1. The van der Waals surface area contributed by atoms with Gasteiger partial charge < -0.3 is 19.5 Å². The van der Waals surface area contributed by atoms with E-state index in [9.17, 15) is 5.11 Å². The Morgan fingerprint density at radius 2 is 1.93 bits per heavy atom. The van der Waals surface area contributed by atoms with E-state index in [2.05, 4.69) is 28.9 Å². The van der Waals surface area contributed by atoms with Gasteiger partial charge in [0.05, 0.1) is 16.7 Å². The first-order chi connectivity index (χ1) is 12.8. The molecule has 5 nitrogen and oxygen atoms in total. The number of fused-ring (bicyclic) bond motifs is 1. The fourth-order valence-electron chi connectivity index (χ4n) is 3.84. The van der Waals surface area contributed by atoms with E-state index >= 15 is 0 Å². The van der Waals surface area contributed by atoms with Crippen molar-refractivity contribution >= 4 is 16.6 Å². The molecule has 1 aliphatic rings. The van der Waals surface area contributed by atoms with Gasteiger partial charge in [0.15, 0.2) is 6.29 Å². The third kappa shape index (κ3) is 4.42. The van der Waals surface area contributed by atoms with Gasteiger partial charge in [-0.05, 0) is 64.3 Å². The number of aliphatic hydroxyl groups is 1. The molecule has 0 spiro atoms. The zero-order chi connectivity index (χ0) is 19.7. The number of piperidine rings is 1. The average molecular weight is 373 g/mol. The Morgan fingerprint density at radius 1 is 1.22 bits per heavy atom. The van der Waals surface area contributed by atoms with Crippen molar-refractivity contribution in [2.24, 2.45) is 0 Å². The summed E-state index contributed by atoms with van der Waals surface area (Å²) in [5.41, 5.74) is 2.36. The Balaban J connectivity index is 1.88. The van der Waals surface area contributed by atoms with E-state index in [1.165, 1.54) is 0 Å². The lowest BCUT2D eigenvalue weighted by Gasteiger charge is -2.41. The Bertz CT molecular complexity index is 771. The largest absolute Gasteiger partial charge is 0.378 e. The van der Waals surface area contributed by atoms with E-state index < -0.39 is 11.9 Å². The predicted molar refractivity (Wildman–Crippen MR) is 109 cm³/mol. The summed E-state index contributed by atoms with van der Waals surface area (Å²) >= 11 is 0. The Hall–Kier alpha value is -1.69. The standard InChI is InChI=1S/C22H32N2O3/c1-6-22(26-5)10-13-24(14-11-22)16-7-8-19-18(15-16)17(9-12-23-19)20(25)27-21(2,3)4/h7-9,12,15,20,25H,6,10-11,13-14H2,1-5H3. The van der Waals surface area contributed by atoms with Crippen molar-refractivity contribution < 1.29 is 14.6 Å². The number of methoxy groups -OCH3 is 1. The predicted octanol–water partition coefficient (Wildman–Crippen LogP) is 4.44. The van der Waals surface area contributed by atoms with Gasteiger partial charge in [-0.3, -0.25) is 4.98 Å². The van der Waals surface area contributed by atoms with Gasteiger partial charge in [-0.2, -0.15) is 0 Å². The van der Waals surface area contributed by atoms with Crippen LogP contribution < -0.4 is 4.90 Å². The summed E-state index contributed by atoms with van der Waals surface area (Å²) in [5, 5.41) is 11.5. The van der Waals surface area contributed by atoms with E-state index in [0.29, 0.717) is 0 Å². The van der Waals surface area contributed by atoms with Crippen molar-refractivity contribution in [3.05, 3.63) is 36.0 Å². The molecule has 1 aromatic heterocycles. The lowest BCUT2D eigenvalue weighted by molar-refractivity contribution is -0.168. The van der Waals surface area contributed by atoms with Gasteiger partial charge in [0.1, 0.15) is 0 Å². The molecule has 2 aromatic rings. The highest BCUT2D eigenvalue weighted by Gasteiger charge is 2.33. The summed E-state index contributed by atoms with van der Waals surface area (Å²) < 4.78 is 11.6. The van der Waals surface area contributed by atoms with Crippen LogP contribution in [0.5, 0.6) is 0 Å². The van der Waals surface area contributed by atoms with Crippen LogP contribution >= 0.6 is 0 Å². The van der Waals surface area contributed by atoms with Crippen molar-refractivity contribution in [1.82, 2.24) is 4.98 Å².